The summed E-state index contributed by atoms with van der Waals surface area (Å²) in [6, 6.07) is 74.9. The Labute approximate surface area is 369 Å². The third kappa shape index (κ3) is 7.35. The molecule has 0 aliphatic rings. The van der Waals surface area contributed by atoms with E-state index in [1.54, 1.807) is 0 Å². The summed E-state index contributed by atoms with van der Waals surface area (Å²) in [5, 5.41) is 11.9. The summed E-state index contributed by atoms with van der Waals surface area (Å²) in [4.78, 5) is 0. The second kappa shape index (κ2) is 16.4. The van der Waals surface area contributed by atoms with Crippen LogP contribution >= 0.6 is 21.4 Å². The Hall–Kier alpha value is -6.33. The lowest BCUT2D eigenvalue weighted by Gasteiger charge is -2.21. The van der Waals surface area contributed by atoms with Gasteiger partial charge in [-0.2, -0.15) is 0 Å². The largest absolute Gasteiger partial charge is 0.314 e. The fourth-order valence-corrected chi connectivity index (χ4v) is 16.4. The van der Waals surface area contributed by atoms with Crippen LogP contribution in [0.25, 0.3) is 43.4 Å². The molecule has 0 saturated heterocycles. The van der Waals surface area contributed by atoms with Crippen molar-refractivity contribution in [2.75, 3.05) is 13.3 Å². The van der Waals surface area contributed by atoms with Crippen molar-refractivity contribution in [2.24, 2.45) is 0 Å². The van der Waals surface area contributed by atoms with Gasteiger partial charge in [0.25, 0.3) is 0 Å². The molecule has 3 nitrogen and oxygen atoms in total. The SMILES string of the molecule is CP(=O)(c1ccccc1)c1ccccc1Cc1ccc2cc(P(=O)(c3ccccc3)c3ccc(-c4cccc5c(P(C)(=O)c6cccc7ccccc67)cccc45)cc3)ccc2c1. The zero-order valence-corrected chi connectivity index (χ0v) is 37.8. The lowest BCUT2D eigenvalue weighted by atomic mass is 9.98. The summed E-state index contributed by atoms with van der Waals surface area (Å²) in [5.41, 5.74) is 4.19. The zero-order chi connectivity index (χ0) is 43.2. The normalized spacial score (nSPS) is 14.5. The van der Waals surface area contributed by atoms with E-state index in [4.69, 9.17) is 0 Å². The molecule has 3 unspecified atom stereocenters. The third-order valence-electron chi connectivity index (χ3n) is 12.6. The monoisotopic (exact) mass is 870 g/mol. The minimum Gasteiger partial charge on any atom is -0.314 e. The average Bonchev–Trinajstić information content (AvgIpc) is 3.33. The molecule has 0 saturated carbocycles. The van der Waals surface area contributed by atoms with Gasteiger partial charge in [0.05, 0.1) is 0 Å². The number of fused-ring (bicyclic) bond motifs is 3. The molecule has 0 bridgehead atoms. The summed E-state index contributed by atoms with van der Waals surface area (Å²) < 4.78 is 45.0. The first-order valence-corrected chi connectivity index (χ1v) is 27.2. The lowest BCUT2D eigenvalue weighted by molar-refractivity contribution is 0.589. The molecule has 306 valence electrons. The Morgan fingerprint density at radius 3 is 1.65 bits per heavy atom. The van der Waals surface area contributed by atoms with Gasteiger partial charge in [0.2, 0.25) is 0 Å². The zero-order valence-electron chi connectivity index (χ0n) is 35.1. The molecule has 0 radical (unpaired) electrons. The standard InChI is InChI=1S/C57H45O3P3/c1-61(58,47-19-5-3-6-20-47)55-27-12-10-17-46(55)39-41-30-31-45-40-50(37-34-44(45)38-41)63(60,48-21-7-4-8-22-48)49-35-32-43(33-36-49)51-24-14-26-54-53(51)25-15-29-57(54)62(2,59)56-28-13-18-42-16-9-11-23-52(42)56/h3-38,40H,39H2,1-2H3. The molecule has 6 heteroatoms. The van der Waals surface area contributed by atoms with Crippen molar-refractivity contribution in [3.8, 4) is 11.1 Å². The van der Waals surface area contributed by atoms with Crippen molar-refractivity contribution >= 4 is 90.9 Å². The van der Waals surface area contributed by atoms with E-state index in [1.165, 1.54) is 0 Å². The van der Waals surface area contributed by atoms with Gasteiger partial charge in [0.15, 0.2) is 7.14 Å². The highest BCUT2D eigenvalue weighted by molar-refractivity contribution is 7.85. The molecule has 0 aliphatic heterocycles. The quantitative estimate of drug-likeness (QED) is 0.129. The van der Waals surface area contributed by atoms with Gasteiger partial charge in [-0.05, 0) is 80.4 Å². The van der Waals surface area contributed by atoms with Crippen LogP contribution in [0.5, 0.6) is 0 Å². The highest BCUT2D eigenvalue weighted by atomic mass is 31.2. The van der Waals surface area contributed by atoms with Crippen LogP contribution in [0.1, 0.15) is 11.1 Å². The summed E-state index contributed by atoms with van der Waals surface area (Å²) in [6.07, 6.45) is 0.646. The van der Waals surface area contributed by atoms with Crippen LogP contribution < -0.4 is 37.1 Å². The van der Waals surface area contributed by atoms with Gasteiger partial charge in [-0.1, -0.05) is 218 Å². The Morgan fingerprint density at radius 1 is 0.349 bits per heavy atom. The molecule has 0 N–H and O–H groups in total. The van der Waals surface area contributed by atoms with Gasteiger partial charge in [-0.3, -0.25) is 0 Å². The number of rotatable bonds is 10. The van der Waals surface area contributed by atoms with Crippen LogP contribution in [0.15, 0.2) is 224 Å². The molecular formula is C57H45O3P3. The van der Waals surface area contributed by atoms with Gasteiger partial charge in [-0.25, -0.2) is 0 Å². The Morgan fingerprint density at radius 2 is 0.873 bits per heavy atom. The van der Waals surface area contributed by atoms with Crippen molar-refractivity contribution in [1.82, 2.24) is 0 Å². The average molecular weight is 871 g/mol. The third-order valence-corrected chi connectivity index (χ3v) is 20.9. The van der Waals surface area contributed by atoms with Crippen LogP contribution in [0, 0.1) is 0 Å². The van der Waals surface area contributed by atoms with Gasteiger partial charge in [0, 0.05) is 37.1 Å². The van der Waals surface area contributed by atoms with E-state index in [0.717, 1.165) is 91.7 Å². The summed E-state index contributed by atoms with van der Waals surface area (Å²) >= 11 is 0. The van der Waals surface area contributed by atoms with Gasteiger partial charge in [-0.15, -0.1) is 0 Å². The topological polar surface area (TPSA) is 51.2 Å². The van der Waals surface area contributed by atoms with E-state index in [-0.39, 0.29) is 0 Å². The molecule has 0 spiro atoms. The minimum absolute atomic E-state index is 0.646. The summed E-state index contributed by atoms with van der Waals surface area (Å²) in [6.45, 7) is 3.75. The molecule has 10 aromatic carbocycles. The minimum atomic E-state index is -3.31. The molecule has 63 heavy (non-hydrogen) atoms. The molecule has 0 fully saturated rings. The van der Waals surface area contributed by atoms with Crippen molar-refractivity contribution in [3.05, 3.63) is 236 Å². The number of benzene rings is 10. The summed E-state index contributed by atoms with van der Waals surface area (Å²) in [5.74, 6) is 0. The number of hydrogen-bond acceptors (Lipinski definition) is 3. The predicted octanol–water partition coefficient (Wildman–Crippen LogP) is 11.9. The van der Waals surface area contributed by atoms with E-state index in [1.807, 2.05) is 153 Å². The van der Waals surface area contributed by atoms with Crippen LogP contribution in [0.2, 0.25) is 0 Å². The van der Waals surface area contributed by atoms with Crippen LogP contribution in [0.4, 0.5) is 0 Å². The predicted molar refractivity (Wildman–Crippen MR) is 272 cm³/mol. The Bertz CT molecular complexity index is 3480. The van der Waals surface area contributed by atoms with Crippen molar-refractivity contribution < 1.29 is 13.7 Å². The molecule has 10 rings (SSSR count). The van der Waals surface area contributed by atoms with Crippen LogP contribution in [0.3, 0.4) is 0 Å². The highest BCUT2D eigenvalue weighted by Crippen LogP contribution is 2.46. The van der Waals surface area contributed by atoms with Crippen LogP contribution in [-0.4, -0.2) is 13.3 Å². The van der Waals surface area contributed by atoms with E-state index in [2.05, 4.69) is 84.9 Å². The second-order valence-electron chi connectivity index (χ2n) is 16.5. The smallest absolute Gasteiger partial charge is 0.171 e. The fraction of sp³-hybridized carbons (Fsp3) is 0.0526. The van der Waals surface area contributed by atoms with Gasteiger partial charge < -0.3 is 13.7 Å². The van der Waals surface area contributed by atoms with E-state index in [0.29, 0.717) is 6.42 Å². The maximum absolute atomic E-state index is 15.8. The molecule has 0 aliphatic carbocycles. The molecule has 0 heterocycles. The second-order valence-corrected chi connectivity index (χ2v) is 24.9. The maximum atomic E-state index is 15.8. The van der Waals surface area contributed by atoms with Crippen molar-refractivity contribution in [2.45, 2.75) is 6.42 Å². The van der Waals surface area contributed by atoms with Crippen molar-refractivity contribution in [3.63, 3.8) is 0 Å². The van der Waals surface area contributed by atoms with E-state index in [9.17, 15) is 9.13 Å². The first kappa shape index (κ1) is 40.7. The summed E-state index contributed by atoms with van der Waals surface area (Å²) in [7, 11) is -9.12. The van der Waals surface area contributed by atoms with Gasteiger partial charge >= 0.3 is 0 Å². The molecule has 0 aromatic heterocycles. The maximum Gasteiger partial charge on any atom is 0.171 e. The lowest BCUT2D eigenvalue weighted by Crippen LogP contribution is -2.25. The number of hydrogen-bond donors (Lipinski definition) is 0. The molecule has 3 atom stereocenters. The molecule has 10 aromatic rings. The van der Waals surface area contributed by atoms with E-state index >= 15 is 4.57 Å². The Balaban J connectivity index is 0.993. The Kier molecular flexibility index (Phi) is 10.6. The first-order chi connectivity index (χ1) is 30.6. The van der Waals surface area contributed by atoms with Gasteiger partial charge in [0.1, 0.15) is 14.3 Å². The van der Waals surface area contributed by atoms with E-state index < -0.39 is 21.4 Å². The van der Waals surface area contributed by atoms with Crippen molar-refractivity contribution in [1.29, 1.82) is 0 Å². The molecular weight excluding hydrogens is 826 g/mol. The molecule has 0 amide bonds. The fourth-order valence-electron chi connectivity index (χ4n) is 9.30. The highest BCUT2D eigenvalue weighted by Gasteiger charge is 2.31. The first-order valence-electron chi connectivity index (χ1n) is 21.2. The van der Waals surface area contributed by atoms with Crippen LogP contribution in [-0.2, 0) is 20.1 Å².